The Bertz CT molecular complexity index is 512. The minimum absolute atomic E-state index is 0.0337. The maximum absolute atomic E-state index is 12.6. The van der Waals surface area contributed by atoms with E-state index in [2.05, 4.69) is 15.4 Å². The maximum atomic E-state index is 12.6. The Balaban J connectivity index is 2.42. The van der Waals surface area contributed by atoms with Gasteiger partial charge < -0.3 is 15.4 Å². The summed E-state index contributed by atoms with van der Waals surface area (Å²) in [4.78, 5) is 21.4. The molecular weight excluding hydrogens is 308 g/mol. The maximum Gasteiger partial charge on any atom is 0.407 e. The zero-order valence-corrected chi connectivity index (χ0v) is 11.3. The van der Waals surface area contributed by atoms with Crippen molar-refractivity contribution in [2.24, 2.45) is 0 Å². The molecule has 0 saturated carbocycles. The number of carbonyl (C=O) groups is 2. The standard InChI is InChI=1S/C13H14F4N2O3/c14-11(15)13(16,17)7-22-12(21)19-6-10-3-1-2-9(4-10)5-18-8-20/h1-4,8,11H,5-7H2,(H,18,20)(H,19,21). The largest absolute Gasteiger partial charge is 0.443 e. The Morgan fingerprint density at radius 3 is 2.50 bits per heavy atom. The van der Waals surface area contributed by atoms with Crippen LogP contribution in [0, 0.1) is 0 Å². The highest BCUT2D eigenvalue weighted by Crippen LogP contribution is 2.22. The van der Waals surface area contributed by atoms with Gasteiger partial charge in [-0.25, -0.2) is 13.6 Å². The highest BCUT2D eigenvalue weighted by Gasteiger charge is 2.42. The van der Waals surface area contributed by atoms with Gasteiger partial charge in [0.2, 0.25) is 6.41 Å². The van der Waals surface area contributed by atoms with Crippen molar-refractivity contribution in [1.29, 1.82) is 0 Å². The first-order valence-corrected chi connectivity index (χ1v) is 6.16. The number of ether oxygens (including phenoxy) is 1. The summed E-state index contributed by atoms with van der Waals surface area (Å²) in [5, 5.41) is 4.62. The summed E-state index contributed by atoms with van der Waals surface area (Å²) in [7, 11) is 0. The predicted molar refractivity (Wildman–Crippen MR) is 68.5 cm³/mol. The van der Waals surface area contributed by atoms with Crippen molar-refractivity contribution in [3.8, 4) is 0 Å². The molecule has 0 aromatic heterocycles. The monoisotopic (exact) mass is 322 g/mol. The molecule has 1 aromatic carbocycles. The number of benzene rings is 1. The molecule has 0 bridgehead atoms. The van der Waals surface area contributed by atoms with Crippen LogP contribution in [0.1, 0.15) is 11.1 Å². The van der Waals surface area contributed by atoms with Crippen LogP contribution in [0.25, 0.3) is 0 Å². The Labute approximate surface area is 123 Å². The van der Waals surface area contributed by atoms with Gasteiger partial charge in [-0.1, -0.05) is 24.3 Å². The number of carbonyl (C=O) groups excluding carboxylic acids is 2. The van der Waals surface area contributed by atoms with Gasteiger partial charge in [0.15, 0.2) is 6.61 Å². The minimum atomic E-state index is -4.38. The lowest BCUT2D eigenvalue weighted by atomic mass is 10.1. The molecule has 0 spiro atoms. The molecule has 0 aliphatic heterocycles. The van der Waals surface area contributed by atoms with Crippen LogP contribution in [0.2, 0.25) is 0 Å². The molecule has 0 aliphatic carbocycles. The first kappa shape index (κ1) is 17.7. The molecule has 122 valence electrons. The van der Waals surface area contributed by atoms with E-state index in [0.29, 0.717) is 18.5 Å². The van der Waals surface area contributed by atoms with Gasteiger partial charge in [-0.15, -0.1) is 0 Å². The molecule has 1 rings (SSSR count). The summed E-state index contributed by atoms with van der Waals surface area (Å²) >= 11 is 0. The first-order chi connectivity index (χ1) is 10.3. The van der Waals surface area contributed by atoms with Gasteiger partial charge in [0.25, 0.3) is 0 Å². The van der Waals surface area contributed by atoms with Crippen LogP contribution in [0.3, 0.4) is 0 Å². The topological polar surface area (TPSA) is 67.4 Å². The second-order valence-corrected chi connectivity index (χ2v) is 4.31. The van der Waals surface area contributed by atoms with Crippen LogP contribution in [0.4, 0.5) is 22.4 Å². The number of alkyl carbamates (subject to hydrolysis) is 1. The van der Waals surface area contributed by atoms with Gasteiger partial charge in [0.1, 0.15) is 0 Å². The van der Waals surface area contributed by atoms with Crippen LogP contribution in [0.5, 0.6) is 0 Å². The predicted octanol–water partition coefficient (Wildman–Crippen LogP) is 2.06. The van der Waals surface area contributed by atoms with Crippen molar-refractivity contribution in [2.45, 2.75) is 25.4 Å². The van der Waals surface area contributed by atoms with Crippen LogP contribution in [0.15, 0.2) is 24.3 Å². The van der Waals surface area contributed by atoms with Crippen molar-refractivity contribution in [3.05, 3.63) is 35.4 Å². The Morgan fingerprint density at radius 1 is 1.27 bits per heavy atom. The van der Waals surface area contributed by atoms with Crippen LogP contribution in [-0.4, -0.2) is 31.5 Å². The van der Waals surface area contributed by atoms with E-state index in [9.17, 15) is 27.2 Å². The number of rotatable bonds is 8. The number of hydrogen-bond acceptors (Lipinski definition) is 3. The lowest BCUT2D eigenvalue weighted by molar-refractivity contribution is -0.153. The molecule has 2 N–H and O–H groups in total. The Kier molecular flexibility index (Phi) is 6.61. The van der Waals surface area contributed by atoms with E-state index in [1.807, 2.05) is 0 Å². The zero-order valence-electron chi connectivity index (χ0n) is 11.3. The molecule has 0 heterocycles. The summed E-state index contributed by atoms with van der Waals surface area (Å²) in [6.45, 7) is -1.43. The smallest absolute Gasteiger partial charge is 0.407 e. The zero-order chi connectivity index (χ0) is 16.6. The molecule has 5 nitrogen and oxygen atoms in total. The summed E-state index contributed by atoms with van der Waals surface area (Å²) in [5.74, 6) is -4.38. The first-order valence-electron chi connectivity index (χ1n) is 6.16. The highest BCUT2D eigenvalue weighted by molar-refractivity contribution is 5.67. The molecule has 2 amide bonds. The minimum Gasteiger partial charge on any atom is -0.443 e. The quantitative estimate of drug-likeness (QED) is 0.569. The van der Waals surface area contributed by atoms with E-state index >= 15 is 0 Å². The average Bonchev–Trinajstić information content (AvgIpc) is 2.49. The molecule has 9 heteroatoms. The van der Waals surface area contributed by atoms with Gasteiger partial charge >= 0.3 is 18.4 Å². The summed E-state index contributed by atoms with van der Waals surface area (Å²) in [6.07, 6.45) is -4.59. The van der Waals surface area contributed by atoms with E-state index in [1.165, 1.54) is 0 Å². The molecule has 0 atom stereocenters. The molecule has 0 radical (unpaired) electrons. The molecule has 22 heavy (non-hydrogen) atoms. The van der Waals surface area contributed by atoms with Crippen molar-refractivity contribution < 1.29 is 31.9 Å². The molecule has 0 aliphatic rings. The van der Waals surface area contributed by atoms with Crippen molar-refractivity contribution in [1.82, 2.24) is 10.6 Å². The summed E-state index contributed by atoms with van der Waals surface area (Å²) < 4.78 is 52.9. The van der Waals surface area contributed by atoms with E-state index in [4.69, 9.17) is 0 Å². The fraction of sp³-hybridized carbons (Fsp3) is 0.385. The summed E-state index contributed by atoms with van der Waals surface area (Å²) in [5.41, 5.74) is 1.40. The number of amides is 2. The van der Waals surface area contributed by atoms with Gasteiger partial charge in [0, 0.05) is 13.1 Å². The Hall–Kier alpha value is -2.32. The fourth-order valence-electron chi connectivity index (χ4n) is 1.46. The van der Waals surface area contributed by atoms with E-state index in [0.717, 1.165) is 5.56 Å². The van der Waals surface area contributed by atoms with Gasteiger partial charge in [-0.05, 0) is 11.1 Å². The lowest BCUT2D eigenvalue weighted by Gasteiger charge is -2.15. The normalized spacial score (nSPS) is 11.1. The molecular formula is C13H14F4N2O3. The van der Waals surface area contributed by atoms with Crippen LogP contribution in [-0.2, 0) is 22.6 Å². The van der Waals surface area contributed by atoms with Crippen molar-refractivity contribution >= 4 is 12.5 Å². The summed E-state index contributed by atoms with van der Waals surface area (Å²) in [6, 6.07) is 6.74. The van der Waals surface area contributed by atoms with Crippen molar-refractivity contribution in [3.63, 3.8) is 0 Å². The van der Waals surface area contributed by atoms with E-state index in [-0.39, 0.29) is 6.54 Å². The SMILES string of the molecule is O=CNCc1cccc(CNC(=O)OCC(F)(F)C(F)F)c1. The third kappa shape index (κ3) is 5.98. The molecule has 0 saturated heterocycles. The molecule has 0 fully saturated rings. The average molecular weight is 322 g/mol. The van der Waals surface area contributed by atoms with Gasteiger partial charge in [0.05, 0.1) is 0 Å². The van der Waals surface area contributed by atoms with E-state index < -0.39 is 25.0 Å². The number of alkyl halides is 4. The van der Waals surface area contributed by atoms with Crippen LogP contribution >= 0.6 is 0 Å². The molecule has 0 unspecified atom stereocenters. The van der Waals surface area contributed by atoms with Gasteiger partial charge in [-0.3, -0.25) is 4.79 Å². The Morgan fingerprint density at radius 2 is 1.91 bits per heavy atom. The third-order valence-corrected chi connectivity index (χ3v) is 2.53. The third-order valence-electron chi connectivity index (χ3n) is 2.53. The van der Waals surface area contributed by atoms with Crippen molar-refractivity contribution in [2.75, 3.05) is 6.61 Å². The molecule has 1 aromatic rings. The number of halogens is 4. The lowest BCUT2D eigenvalue weighted by Crippen LogP contribution is -2.36. The fourth-order valence-corrected chi connectivity index (χ4v) is 1.46. The van der Waals surface area contributed by atoms with Gasteiger partial charge in [-0.2, -0.15) is 8.78 Å². The second kappa shape index (κ2) is 8.20. The number of nitrogens with one attached hydrogen (secondary N) is 2. The van der Waals surface area contributed by atoms with Crippen LogP contribution < -0.4 is 10.6 Å². The second-order valence-electron chi connectivity index (χ2n) is 4.31. The van der Waals surface area contributed by atoms with E-state index in [1.54, 1.807) is 24.3 Å². The highest BCUT2D eigenvalue weighted by atomic mass is 19.3. The number of hydrogen-bond donors (Lipinski definition) is 2.